The lowest BCUT2D eigenvalue weighted by molar-refractivity contribution is -0.110. The van der Waals surface area contributed by atoms with Gasteiger partial charge in [0.05, 0.1) is 11.4 Å². The normalized spacial score (nSPS) is 37.1. The quantitative estimate of drug-likeness (QED) is 0.112. The largest absolute Gasteiger partial charge is 0.506 e. The van der Waals surface area contributed by atoms with Gasteiger partial charge in [-0.15, -0.1) is 0 Å². The minimum Gasteiger partial charge on any atom is -0.506 e. The first-order valence-electron chi connectivity index (χ1n) is 20.4. The minimum atomic E-state index is -0.0466. The fourth-order valence-electron chi connectivity index (χ4n) is 15.5. The highest BCUT2D eigenvalue weighted by Crippen LogP contribution is 2.72. The van der Waals surface area contributed by atoms with E-state index in [9.17, 15) is 10.2 Å². The van der Waals surface area contributed by atoms with Gasteiger partial charge in [-0.1, -0.05) is 64.1 Å². The lowest BCUT2D eigenvalue weighted by Crippen LogP contribution is -2.56. The summed E-state index contributed by atoms with van der Waals surface area (Å²) in [4.78, 5) is 0. The number of aromatic hydroxyl groups is 2. The van der Waals surface area contributed by atoms with Crippen LogP contribution in [0.3, 0.4) is 0 Å². The van der Waals surface area contributed by atoms with E-state index < -0.39 is 0 Å². The second-order valence-electron chi connectivity index (χ2n) is 20.8. The molecule has 6 nitrogen and oxygen atoms in total. The average molecular weight is 725 g/mol. The Labute approximate surface area is 320 Å². The van der Waals surface area contributed by atoms with Crippen LogP contribution in [0.1, 0.15) is 116 Å². The molecule has 0 heterocycles. The molecule has 6 heteroatoms. The number of nitrogen functional groups attached to an aromatic ring is 2. The van der Waals surface area contributed by atoms with Gasteiger partial charge < -0.3 is 31.2 Å². The molecule has 6 N–H and O–H groups in total. The van der Waals surface area contributed by atoms with Crippen LogP contribution in [0.15, 0.2) is 72.8 Å². The Morgan fingerprint density at radius 2 is 0.833 bits per heavy atom. The molecule has 4 unspecified atom stereocenters. The Hall–Kier alpha value is -4.32. The van der Waals surface area contributed by atoms with Crippen molar-refractivity contribution in [1.82, 2.24) is 0 Å². The zero-order chi connectivity index (χ0) is 37.5. The molecule has 8 bridgehead atoms. The maximum absolute atomic E-state index is 11.0. The molecule has 0 amide bonds. The predicted octanol–water partition coefficient (Wildman–Crippen LogP) is 12.0. The third-order valence-corrected chi connectivity index (χ3v) is 15.2. The Morgan fingerprint density at radius 1 is 0.481 bits per heavy atom. The standard InChI is InChI=1S/C48H56N2O4/c1-43-17-29-18-44(2,23-43)26-47(21-29,25-43)33-13-35(49)37(51)15-41(33)53-39-11-7-5-9-31(39)32-10-6-8-12-40(32)54-42-16-38(52)36(50)14-34(42)48-22-30-19-45(3,27-48)24-46(4,20-30)28-48/h5-16,29-30,51-52H,17-28,49-50H2,1-4H3. The highest BCUT2D eigenvalue weighted by atomic mass is 16.5. The van der Waals surface area contributed by atoms with Crippen molar-refractivity contribution in [1.29, 1.82) is 0 Å². The van der Waals surface area contributed by atoms with E-state index in [1.54, 1.807) is 12.1 Å². The number of benzene rings is 4. The summed E-state index contributed by atoms with van der Waals surface area (Å²) >= 11 is 0. The Bertz CT molecular complexity index is 2020. The number of anilines is 2. The number of hydrogen-bond acceptors (Lipinski definition) is 6. The van der Waals surface area contributed by atoms with Crippen LogP contribution in [0.4, 0.5) is 11.4 Å². The smallest absolute Gasteiger partial charge is 0.142 e. The lowest BCUT2D eigenvalue weighted by Gasteiger charge is -2.65. The molecule has 4 aromatic carbocycles. The summed E-state index contributed by atoms with van der Waals surface area (Å²) in [5.74, 6) is 4.19. The first-order chi connectivity index (χ1) is 25.6. The molecule has 8 saturated carbocycles. The van der Waals surface area contributed by atoms with Gasteiger partial charge in [0.2, 0.25) is 0 Å². The molecule has 8 aliphatic carbocycles. The lowest BCUT2D eigenvalue weighted by atomic mass is 9.39. The van der Waals surface area contributed by atoms with Crippen molar-refractivity contribution < 1.29 is 19.7 Å². The molecular weight excluding hydrogens is 669 g/mol. The van der Waals surface area contributed by atoms with Gasteiger partial charge in [0.1, 0.15) is 34.5 Å². The van der Waals surface area contributed by atoms with Crippen LogP contribution in [0.25, 0.3) is 11.1 Å². The maximum atomic E-state index is 11.0. The summed E-state index contributed by atoms with van der Waals surface area (Å²) in [5.41, 5.74) is 18.9. The van der Waals surface area contributed by atoms with E-state index >= 15 is 0 Å². The van der Waals surface area contributed by atoms with Crippen molar-refractivity contribution in [2.24, 2.45) is 33.5 Å². The van der Waals surface area contributed by atoms with Gasteiger partial charge >= 0.3 is 0 Å². The monoisotopic (exact) mass is 724 g/mol. The predicted molar refractivity (Wildman–Crippen MR) is 215 cm³/mol. The number of ether oxygens (including phenoxy) is 2. The van der Waals surface area contributed by atoms with Crippen molar-refractivity contribution >= 4 is 11.4 Å². The maximum Gasteiger partial charge on any atom is 0.142 e. The van der Waals surface area contributed by atoms with Crippen LogP contribution in [0, 0.1) is 33.5 Å². The van der Waals surface area contributed by atoms with Crippen molar-refractivity contribution in [3.05, 3.63) is 83.9 Å². The summed E-state index contributed by atoms with van der Waals surface area (Å²) in [6.07, 6.45) is 14.4. The average Bonchev–Trinajstić information content (AvgIpc) is 3.05. The number of phenols is 2. The van der Waals surface area contributed by atoms with Crippen LogP contribution in [-0.2, 0) is 10.8 Å². The van der Waals surface area contributed by atoms with Crippen LogP contribution in [-0.4, -0.2) is 10.2 Å². The van der Waals surface area contributed by atoms with Gasteiger partial charge in [0.15, 0.2) is 0 Å². The summed E-state index contributed by atoms with van der Waals surface area (Å²) in [5, 5.41) is 22.0. The fourth-order valence-corrected chi connectivity index (χ4v) is 15.5. The van der Waals surface area contributed by atoms with Gasteiger partial charge in [-0.2, -0.15) is 0 Å². The summed E-state index contributed by atoms with van der Waals surface area (Å²) in [7, 11) is 0. The molecule has 282 valence electrons. The van der Waals surface area contributed by atoms with Crippen molar-refractivity contribution in [2.45, 2.75) is 116 Å². The topological polar surface area (TPSA) is 111 Å². The highest BCUT2D eigenvalue weighted by Gasteiger charge is 2.62. The molecule has 54 heavy (non-hydrogen) atoms. The number of para-hydroxylation sites is 2. The van der Waals surface area contributed by atoms with Gasteiger partial charge in [-0.3, -0.25) is 0 Å². The molecule has 8 fully saturated rings. The number of rotatable bonds is 7. The molecule has 0 aromatic heterocycles. The first kappa shape index (κ1) is 34.2. The summed E-state index contributed by atoms with van der Waals surface area (Å²) < 4.78 is 14.0. The van der Waals surface area contributed by atoms with Crippen molar-refractivity contribution in [2.75, 3.05) is 11.5 Å². The van der Waals surface area contributed by atoms with Crippen LogP contribution >= 0.6 is 0 Å². The minimum absolute atomic E-state index is 0.0419. The van der Waals surface area contributed by atoms with Crippen LogP contribution in [0.2, 0.25) is 0 Å². The zero-order valence-corrected chi connectivity index (χ0v) is 32.4. The van der Waals surface area contributed by atoms with Gasteiger partial charge in [0, 0.05) is 45.2 Å². The molecule has 0 radical (unpaired) electrons. The first-order valence-corrected chi connectivity index (χ1v) is 20.4. The Balaban J connectivity index is 1.04. The van der Waals surface area contributed by atoms with Gasteiger partial charge in [-0.05, 0) is 135 Å². The van der Waals surface area contributed by atoms with E-state index in [0.717, 1.165) is 60.8 Å². The molecule has 0 saturated heterocycles. The molecule has 12 rings (SSSR count). The number of phenolic OH excluding ortho intramolecular Hbond substituents is 2. The number of nitrogens with two attached hydrogens (primary N) is 2. The van der Waals surface area contributed by atoms with E-state index in [0.29, 0.717) is 67.9 Å². The Morgan fingerprint density at radius 3 is 1.19 bits per heavy atom. The third-order valence-electron chi connectivity index (χ3n) is 15.2. The van der Waals surface area contributed by atoms with Gasteiger partial charge in [-0.25, -0.2) is 0 Å². The van der Waals surface area contributed by atoms with E-state index in [1.165, 1.54) is 38.5 Å². The molecule has 8 aliphatic rings. The Kier molecular flexibility index (Phi) is 7.05. The molecule has 0 aliphatic heterocycles. The second kappa shape index (κ2) is 11.1. The summed E-state index contributed by atoms with van der Waals surface area (Å²) in [6, 6.07) is 23.7. The molecule has 4 atom stereocenters. The SMILES string of the molecule is CC12CC3CC(C)(C1)CC(c1cc(N)c(O)cc1Oc1ccccc1-c1ccccc1Oc1cc(O)c(N)cc1C14CC5CC(C)(CC(C)(C5)C1)C4)(C3)C2. The van der Waals surface area contributed by atoms with Crippen LogP contribution < -0.4 is 20.9 Å². The van der Waals surface area contributed by atoms with Gasteiger partial charge in [0.25, 0.3) is 0 Å². The summed E-state index contributed by atoms with van der Waals surface area (Å²) in [6.45, 7) is 9.93. The van der Waals surface area contributed by atoms with E-state index in [4.69, 9.17) is 20.9 Å². The van der Waals surface area contributed by atoms with E-state index in [2.05, 4.69) is 39.8 Å². The molecular formula is C48H56N2O4. The van der Waals surface area contributed by atoms with Crippen molar-refractivity contribution in [3.8, 4) is 45.6 Å². The zero-order valence-electron chi connectivity index (χ0n) is 32.4. The fraction of sp³-hybridized carbons (Fsp3) is 0.500. The van der Waals surface area contributed by atoms with Crippen LogP contribution in [0.5, 0.6) is 34.5 Å². The van der Waals surface area contributed by atoms with Crippen molar-refractivity contribution in [3.63, 3.8) is 0 Å². The molecule has 0 spiro atoms. The third kappa shape index (κ3) is 5.33. The van der Waals surface area contributed by atoms with E-state index in [1.807, 2.05) is 48.5 Å². The second-order valence-corrected chi connectivity index (χ2v) is 20.8. The highest BCUT2D eigenvalue weighted by molar-refractivity contribution is 5.77. The number of hydrogen-bond donors (Lipinski definition) is 4. The molecule has 4 aromatic rings. The van der Waals surface area contributed by atoms with E-state index in [-0.39, 0.29) is 22.3 Å².